The van der Waals surface area contributed by atoms with Gasteiger partial charge in [0, 0.05) is 25.0 Å². The number of benzene rings is 2. The average Bonchev–Trinajstić information content (AvgIpc) is 3.18. The van der Waals surface area contributed by atoms with Crippen LogP contribution in [0.4, 0.5) is 5.69 Å². The van der Waals surface area contributed by atoms with E-state index in [1.807, 2.05) is 30.3 Å². The summed E-state index contributed by atoms with van der Waals surface area (Å²) in [7, 11) is 3.14. The highest BCUT2D eigenvalue weighted by Crippen LogP contribution is 2.16. The third-order valence-corrected chi connectivity index (χ3v) is 3.93. The van der Waals surface area contributed by atoms with E-state index in [2.05, 4.69) is 10.4 Å². The van der Waals surface area contributed by atoms with E-state index in [1.165, 1.54) is 11.1 Å². The SMILES string of the molecule is COc1cccc(NC(=O)CN(C)C(=O)c2cnn(-c3ccccc3)c2)c1. The van der Waals surface area contributed by atoms with Crippen molar-refractivity contribution in [1.82, 2.24) is 14.7 Å². The highest BCUT2D eigenvalue weighted by Gasteiger charge is 2.17. The molecule has 138 valence electrons. The lowest BCUT2D eigenvalue weighted by atomic mass is 10.3. The molecule has 0 bridgehead atoms. The molecule has 1 aromatic heterocycles. The van der Waals surface area contributed by atoms with Crippen LogP contribution in [0, 0.1) is 0 Å². The smallest absolute Gasteiger partial charge is 0.257 e. The van der Waals surface area contributed by atoms with Crippen LogP contribution in [0.1, 0.15) is 10.4 Å². The molecule has 1 N–H and O–H groups in total. The largest absolute Gasteiger partial charge is 0.497 e. The van der Waals surface area contributed by atoms with E-state index >= 15 is 0 Å². The number of anilines is 1. The van der Waals surface area contributed by atoms with Gasteiger partial charge in [0.1, 0.15) is 5.75 Å². The molecule has 2 amide bonds. The van der Waals surface area contributed by atoms with Crippen LogP contribution in [0.5, 0.6) is 5.75 Å². The Morgan fingerprint density at radius 1 is 1.15 bits per heavy atom. The Morgan fingerprint density at radius 3 is 2.67 bits per heavy atom. The number of hydrogen-bond acceptors (Lipinski definition) is 4. The van der Waals surface area contributed by atoms with E-state index in [1.54, 1.807) is 49.3 Å². The van der Waals surface area contributed by atoms with Gasteiger partial charge in [0.15, 0.2) is 0 Å². The Labute approximate surface area is 157 Å². The van der Waals surface area contributed by atoms with Crippen LogP contribution in [0.15, 0.2) is 67.0 Å². The number of ether oxygens (including phenoxy) is 1. The minimum absolute atomic E-state index is 0.0768. The first-order valence-electron chi connectivity index (χ1n) is 8.36. The van der Waals surface area contributed by atoms with Crippen molar-refractivity contribution in [2.75, 3.05) is 26.0 Å². The van der Waals surface area contributed by atoms with Gasteiger partial charge in [-0.3, -0.25) is 9.59 Å². The van der Waals surface area contributed by atoms with E-state index in [4.69, 9.17) is 4.74 Å². The molecule has 1 heterocycles. The zero-order chi connectivity index (χ0) is 19.2. The van der Waals surface area contributed by atoms with Crippen molar-refractivity contribution < 1.29 is 14.3 Å². The fraction of sp³-hybridized carbons (Fsp3) is 0.150. The van der Waals surface area contributed by atoms with Gasteiger partial charge >= 0.3 is 0 Å². The molecule has 3 aromatic rings. The van der Waals surface area contributed by atoms with Crippen LogP contribution in [0.3, 0.4) is 0 Å². The van der Waals surface area contributed by atoms with E-state index in [9.17, 15) is 9.59 Å². The van der Waals surface area contributed by atoms with Crippen LogP contribution in [-0.2, 0) is 4.79 Å². The standard InChI is InChI=1S/C20H20N4O3/c1-23(14-19(25)22-16-7-6-10-18(11-16)27-2)20(26)15-12-21-24(13-15)17-8-4-3-5-9-17/h3-13H,14H2,1-2H3,(H,22,25). The van der Waals surface area contributed by atoms with Gasteiger partial charge in [0.2, 0.25) is 5.91 Å². The molecular formula is C20H20N4O3. The maximum Gasteiger partial charge on any atom is 0.257 e. The summed E-state index contributed by atoms with van der Waals surface area (Å²) in [5.41, 5.74) is 1.88. The Morgan fingerprint density at radius 2 is 1.93 bits per heavy atom. The summed E-state index contributed by atoms with van der Waals surface area (Å²) in [4.78, 5) is 26.1. The van der Waals surface area contributed by atoms with Crippen molar-refractivity contribution in [3.63, 3.8) is 0 Å². The summed E-state index contributed by atoms with van der Waals surface area (Å²) >= 11 is 0. The Hall–Kier alpha value is -3.61. The highest BCUT2D eigenvalue weighted by atomic mass is 16.5. The lowest BCUT2D eigenvalue weighted by molar-refractivity contribution is -0.116. The molecule has 0 aliphatic rings. The van der Waals surface area contributed by atoms with Gasteiger partial charge in [-0.25, -0.2) is 4.68 Å². The molecule has 0 atom stereocenters. The minimum atomic E-state index is -0.297. The van der Waals surface area contributed by atoms with Gasteiger partial charge in [-0.2, -0.15) is 5.10 Å². The third-order valence-electron chi connectivity index (χ3n) is 3.93. The Kier molecular flexibility index (Phi) is 5.51. The van der Waals surface area contributed by atoms with Crippen LogP contribution in [-0.4, -0.2) is 47.2 Å². The normalized spacial score (nSPS) is 10.3. The van der Waals surface area contributed by atoms with E-state index in [-0.39, 0.29) is 18.4 Å². The topological polar surface area (TPSA) is 76.5 Å². The Bertz CT molecular complexity index is 937. The van der Waals surface area contributed by atoms with E-state index in [0.29, 0.717) is 17.0 Å². The summed E-state index contributed by atoms with van der Waals surface area (Å²) in [6.45, 7) is -0.0768. The molecule has 0 aliphatic carbocycles. The number of carbonyl (C=O) groups excluding carboxylic acids is 2. The lowest BCUT2D eigenvalue weighted by Crippen LogP contribution is -2.34. The predicted molar refractivity (Wildman–Crippen MR) is 102 cm³/mol. The maximum atomic E-state index is 12.6. The molecule has 0 aliphatic heterocycles. The summed E-state index contributed by atoms with van der Waals surface area (Å²) in [6, 6.07) is 16.5. The number of methoxy groups -OCH3 is 1. The van der Waals surface area contributed by atoms with Gasteiger partial charge in [-0.15, -0.1) is 0 Å². The van der Waals surface area contributed by atoms with Gasteiger partial charge in [-0.05, 0) is 24.3 Å². The van der Waals surface area contributed by atoms with Gasteiger partial charge in [0.25, 0.3) is 5.91 Å². The maximum absolute atomic E-state index is 12.6. The zero-order valence-electron chi connectivity index (χ0n) is 15.1. The molecule has 2 aromatic carbocycles. The molecule has 3 rings (SSSR count). The number of hydrogen-bond donors (Lipinski definition) is 1. The predicted octanol–water partition coefficient (Wildman–Crippen LogP) is 2.59. The number of nitrogens with zero attached hydrogens (tertiary/aromatic N) is 3. The third kappa shape index (κ3) is 4.52. The quantitative estimate of drug-likeness (QED) is 0.729. The molecular weight excluding hydrogens is 344 g/mol. The Balaban J connectivity index is 1.62. The van der Waals surface area contributed by atoms with Crippen molar-refractivity contribution in [3.05, 3.63) is 72.6 Å². The number of likely N-dealkylation sites (N-methyl/N-ethyl adjacent to an activating group) is 1. The van der Waals surface area contributed by atoms with Crippen molar-refractivity contribution in [2.24, 2.45) is 0 Å². The first kappa shape index (κ1) is 18.2. The monoisotopic (exact) mass is 364 g/mol. The minimum Gasteiger partial charge on any atom is -0.497 e. The lowest BCUT2D eigenvalue weighted by Gasteiger charge is -2.16. The average molecular weight is 364 g/mol. The van der Waals surface area contributed by atoms with Crippen LogP contribution >= 0.6 is 0 Å². The molecule has 7 heteroatoms. The second-order valence-electron chi connectivity index (χ2n) is 5.95. The molecule has 0 saturated heterocycles. The van der Waals surface area contributed by atoms with Crippen molar-refractivity contribution >= 4 is 17.5 Å². The number of rotatable bonds is 6. The van der Waals surface area contributed by atoms with Crippen LogP contribution in [0.2, 0.25) is 0 Å². The second-order valence-corrected chi connectivity index (χ2v) is 5.95. The van der Waals surface area contributed by atoms with Crippen LogP contribution in [0.25, 0.3) is 5.69 Å². The first-order chi connectivity index (χ1) is 13.1. The van der Waals surface area contributed by atoms with Gasteiger partial charge < -0.3 is 15.0 Å². The number of nitrogens with one attached hydrogen (secondary N) is 1. The van der Waals surface area contributed by atoms with E-state index in [0.717, 1.165) is 5.69 Å². The molecule has 27 heavy (non-hydrogen) atoms. The fourth-order valence-corrected chi connectivity index (χ4v) is 2.56. The van der Waals surface area contributed by atoms with E-state index < -0.39 is 0 Å². The molecule has 0 saturated carbocycles. The van der Waals surface area contributed by atoms with Crippen molar-refractivity contribution in [2.45, 2.75) is 0 Å². The summed E-state index contributed by atoms with van der Waals surface area (Å²) in [5, 5.41) is 6.96. The number of amides is 2. The van der Waals surface area contributed by atoms with Gasteiger partial charge in [0.05, 0.1) is 31.1 Å². The highest BCUT2D eigenvalue weighted by molar-refractivity contribution is 5.99. The molecule has 0 radical (unpaired) electrons. The molecule has 7 nitrogen and oxygen atoms in total. The van der Waals surface area contributed by atoms with Crippen LogP contribution < -0.4 is 10.1 Å². The van der Waals surface area contributed by atoms with Crippen molar-refractivity contribution in [1.29, 1.82) is 0 Å². The number of para-hydroxylation sites is 1. The van der Waals surface area contributed by atoms with Crippen molar-refractivity contribution in [3.8, 4) is 11.4 Å². The summed E-state index contributed by atoms with van der Waals surface area (Å²) in [6.07, 6.45) is 3.14. The fourth-order valence-electron chi connectivity index (χ4n) is 2.56. The summed E-state index contributed by atoms with van der Waals surface area (Å²) in [5.74, 6) is 0.0677. The van der Waals surface area contributed by atoms with Gasteiger partial charge in [-0.1, -0.05) is 24.3 Å². The zero-order valence-corrected chi connectivity index (χ0v) is 15.1. The molecule has 0 unspecified atom stereocenters. The number of carbonyl (C=O) groups is 2. The first-order valence-corrected chi connectivity index (χ1v) is 8.36. The second kappa shape index (κ2) is 8.18. The molecule has 0 fully saturated rings. The number of aromatic nitrogens is 2. The summed E-state index contributed by atoms with van der Waals surface area (Å²) < 4.78 is 6.75. The molecule has 0 spiro atoms.